The SMILES string of the molecule is C1=CCCC(n2c3ccccc3c3ccc4c5ccccc5n(C5=CC=C(n6c7ccccc7c7ccc8c(c76)N(c6ccccc6)C6CC=CC=C86)CC5)c4c32)=C1. The summed E-state index contributed by atoms with van der Waals surface area (Å²) in [4.78, 5) is 2.62. The largest absolute Gasteiger partial charge is 0.331 e. The molecular formula is C54H40N4. The van der Waals surface area contributed by atoms with E-state index in [-0.39, 0.29) is 6.04 Å². The number of para-hydroxylation sites is 4. The Hall–Kier alpha value is -7.04. The Morgan fingerprint density at radius 2 is 0.931 bits per heavy atom. The molecule has 3 aliphatic carbocycles. The summed E-state index contributed by atoms with van der Waals surface area (Å²) in [6.45, 7) is 0. The normalized spacial score (nSPS) is 17.7. The lowest BCUT2D eigenvalue weighted by atomic mass is 9.95. The predicted octanol–water partition coefficient (Wildman–Crippen LogP) is 14.2. The molecule has 9 aromatic rings. The fourth-order valence-corrected chi connectivity index (χ4v) is 10.9. The summed E-state index contributed by atoms with van der Waals surface area (Å²) >= 11 is 0. The summed E-state index contributed by atoms with van der Waals surface area (Å²) in [7, 11) is 0. The average molecular weight is 745 g/mol. The van der Waals surface area contributed by atoms with E-state index >= 15 is 0 Å². The van der Waals surface area contributed by atoms with Gasteiger partial charge in [-0.05, 0) is 86.2 Å². The molecule has 4 heterocycles. The first-order chi connectivity index (χ1) is 28.8. The van der Waals surface area contributed by atoms with Crippen LogP contribution in [0.2, 0.25) is 0 Å². The van der Waals surface area contributed by atoms with Crippen LogP contribution < -0.4 is 4.90 Å². The van der Waals surface area contributed by atoms with Crippen molar-refractivity contribution in [1.82, 2.24) is 13.7 Å². The smallest absolute Gasteiger partial charge is 0.0786 e. The molecule has 1 unspecified atom stereocenters. The first-order valence-electron chi connectivity index (χ1n) is 20.8. The molecule has 58 heavy (non-hydrogen) atoms. The second-order valence-corrected chi connectivity index (χ2v) is 16.2. The molecule has 1 atom stereocenters. The van der Waals surface area contributed by atoms with Gasteiger partial charge in [0.1, 0.15) is 0 Å². The third-order valence-electron chi connectivity index (χ3n) is 13.3. The average Bonchev–Trinajstić information content (AvgIpc) is 4.02. The molecule has 3 aromatic heterocycles. The van der Waals surface area contributed by atoms with E-state index in [1.165, 1.54) is 105 Å². The Balaban J connectivity index is 1.07. The van der Waals surface area contributed by atoms with Gasteiger partial charge >= 0.3 is 0 Å². The molecule has 0 amide bonds. The number of anilines is 2. The zero-order valence-corrected chi connectivity index (χ0v) is 32.1. The molecule has 4 heteroatoms. The summed E-state index contributed by atoms with van der Waals surface area (Å²) in [5.74, 6) is 0. The molecule has 4 nitrogen and oxygen atoms in total. The van der Waals surface area contributed by atoms with Gasteiger partial charge in [0.25, 0.3) is 0 Å². The van der Waals surface area contributed by atoms with E-state index in [4.69, 9.17) is 0 Å². The predicted molar refractivity (Wildman–Crippen MR) is 246 cm³/mol. The van der Waals surface area contributed by atoms with Crippen molar-refractivity contribution in [3.63, 3.8) is 0 Å². The number of allylic oxidation sites excluding steroid dienone is 10. The maximum Gasteiger partial charge on any atom is 0.0786 e. The van der Waals surface area contributed by atoms with Crippen molar-refractivity contribution in [2.24, 2.45) is 0 Å². The number of nitrogens with zero attached hydrogens (tertiary/aromatic N) is 4. The monoisotopic (exact) mass is 744 g/mol. The van der Waals surface area contributed by atoms with Crippen LogP contribution in [-0.4, -0.2) is 19.7 Å². The zero-order chi connectivity index (χ0) is 37.9. The molecule has 6 aromatic carbocycles. The highest BCUT2D eigenvalue weighted by atomic mass is 15.2. The standard InChI is InChI=1S/C54H40N4/c1-3-15-35(16-4-1)55-47-23-11-7-19-39(47)43-31-33-45-41-21-9-13-25-49(41)57(53(45)51(43)55)37-27-29-38(30-28-37)58-50-26-14-10-22-42(50)46-34-32-44-40-20-8-12-24-48(40)56(52(44)54(46)58)36-17-5-2-6-18-36/h1-5,7-17,19-22,24-27,29,31-34,47H,6,18,23,28,30H2. The molecule has 0 N–H and O–H groups in total. The van der Waals surface area contributed by atoms with Gasteiger partial charge in [-0.25, -0.2) is 0 Å². The van der Waals surface area contributed by atoms with Crippen LogP contribution >= 0.6 is 0 Å². The fraction of sp³-hybridized carbons (Fsp3) is 0.111. The molecule has 4 aliphatic rings. The van der Waals surface area contributed by atoms with Crippen LogP contribution in [0.3, 0.4) is 0 Å². The molecule has 0 fully saturated rings. The van der Waals surface area contributed by atoms with Crippen LogP contribution in [0, 0.1) is 0 Å². The van der Waals surface area contributed by atoms with E-state index in [9.17, 15) is 0 Å². The Kier molecular flexibility index (Phi) is 6.77. The lowest BCUT2D eigenvalue weighted by Crippen LogP contribution is -2.27. The van der Waals surface area contributed by atoms with Gasteiger partial charge in [0.2, 0.25) is 0 Å². The van der Waals surface area contributed by atoms with Crippen molar-refractivity contribution in [1.29, 1.82) is 0 Å². The van der Waals surface area contributed by atoms with Crippen LogP contribution in [0.5, 0.6) is 0 Å². The highest BCUT2D eigenvalue weighted by Gasteiger charge is 2.38. The van der Waals surface area contributed by atoms with E-state index in [0.29, 0.717) is 0 Å². The van der Waals surface area contributed by atoms with E-state index in [1.54, 1.807) is 0 Å². The van der Waals surface area contributed by atoms with E-state index in [0.717, 1.165) is 32.1 Å². The van der Waals surface area contributed by atoms with Crippen LogP contribution in [0.25, 0.3) is 88.1 Å². The summed E-state index contributed by atoms with van der Waals surface area (Å²) < 4.78 is 7.76. The van der Waals surface area contributed by atoms with Crippen molar-refractivity contribution in [2.45, 2.75) is 38.1 Å². The summed E-state index contributed by atoms with van der Waals surface area (Å²) in [5.41, 5.74) is 17.0. The lowest BCUT2D eigenvalue weighted by molar-refractivity contribution is 0.830. The van der Waals surface area contributed by atoms with E-state index < -0.39 is 0 Å². The van der Waals surface area contributed by atoms with Crippen molar-refractivity contribution in [3.05, 3.63) is 182 Å². The fourth-order valence-electron chi connectivity index (χ4n) is 10.9. The second-order valence-electron chi connectivity index (χ2n) is 16.2. The van der Waals surface area contributed by atoms with E-state index in [2.05, 4.69) is 195 Å². The van der Waals surface area contributed by atoms with Crippen LogP contribution in [0.1, 0.15) is 37.7 Å². The molecule has 0 saturated carbocycles. The van der Waals surface area contributed by atoms with Gasteiger partial charge in [0, 0.05) is 60.7 Å². The van der Waals surface area contributed by atoms with Gasteiger partial charge in [-0.1, -0.05) is 127 Å². The third-order valence-corrected chi connectivity index (χ3v) is 13.3. The Labute approximate surface area is 336 Å². The first-order valence-corrected chi connectivity index (χ1v) is 20.8. The number of hydrogen-bond donors (Lipinski definition) is 0. The van der Waals surface area contributed by atoms with Crippen molar-refractivity contribution in [2.75, 3.05) is 4.90 Å². The summed E-state index contributed by atoms with van der Waals surface area (Å²) in [6, 6.07) is 47.8. The Bertz CT molecular complexity index is 3420. The summed E-state index contributed by atoms with van der Waals surface area (Å²) in [5, 5.41) is 7.83. The Morgan fingerprint density at radius 1 is 0.414 bits per heavy atom. The van der Waals surface area contributed by atoms with E-state index in [1.807, 2.05) is 0 Å². The van der Waals surface area contributed by atoms with Crippen LogP contribution in [0.4, 0.5) is 11.4 Å². The molecule has 0 bridgehead atoms. The minimum absolute atomic E-state index is 0.273. The summed E-state index contributed by atoms with van der Waals surface area (Å²) in [6.07, 6.45) is 23.5. The minimum Gasteiger partial charge on any atom is -0.331 e. The van der Waals surface area contributed by atoms with Gasteiger partial charge in [-0.3, -0.25) is 0 Å². The maximum absolute atomic E-state index is 2.62. The molecule has 0 radical (unpaired) electrons. The minimum atomic E-state index is 0.273. The van der Waals surface area contributed by atoms with Crippen LogP contribution in [0.15, 0.2) is 176 Å². The van der Waals surface area contributed by atoms with Crippen molar-refractivity contribution < 1.29 is 0 Å². The molecule has 0 saturated heterocycles. The number of aromatic nitrogens is 3. The first kappa shape index (κ1) is 32.1. The van der Waals surface area contributed by atoms with Crippen LogP contribution in [-0.2, 0) is 0 Å². The maximum atomic E-state index is 2.62. The molecule has 1 aliphatic heterocycles. The quantitative estimate of drug-likeness (QED) is 0.175. The Morgan fingerprint density at radius 3 is 1.52 bits per heavy atom. The molecular weight excluding hydrogens is 705 g/mol. The van der Waals surface area contributed by atoms with Crippen molar-refractivity contribution >= 4 is 99.5 Å². The second kappa shape index (κ2) is 12.2. The van der Waals surface area contributed by atoms with Crippen molar-refractivity contribution in [3.8, 4) is 0 Å². The topological polar surface area (TPSA) is 18.0 Å². The van der Waals surface area contributed by atoms with Gasteiger partial charge < -0.3 is 18.6 Å². The van der Waals surface area contributed by atoms with Gasteiger partial charge in [-0.2, -0.15) is 0 Å². The lowest BCUT2D eigenvalue weighted by Gasteiger charge is -2.29. The highest BCUT2D eigenvalue weighted by Crippen LogP contribution is 2.53. The molecule has 13 rings (SSSR count). The zero-order valence-electron chi connectivity index (χ0n) is 32.1. The van der Waals surface area contributed by atoms with Gasteiger partial charge in [0.05, 0.1) is 44.8 Å². The molecule has 0 spiro atoms. The van der Waals surface area contributed by atoms with Gasteiger partial charge in [0.15, 0.2) is 0 Å². The number of fused-ring (bicyclic) bond motifs is 14. The van der Waals surface area contributed by atoms with Gasteiger partial charge in [-0.15, -0.1) is 0 Å². The molecule has 276 valence electrons. The highest BCUT2D eigenvalue weighted by molar-refractivity contribution is 6.25. The number of hydrogen-bond acceptors (Lipinski definition) is 1. The third kappa shape index (κ3) is 4.35. The number of rotatable bonds is 4. The number of benzene rings is 6.